The zero-order valence-electron chi connectivity index (χ0n) is 7.67. The van der Waals surface area contributed by atoms with Gasteiger partial charge in [-0.05, 0) is 12.1 Å². The average Bonchev–Trinajstić information content (AvgIpc) is 2.17. The minimum Gasteiger partial charge on any atom is -0.481 e. The molecular formula is C9H10ClNO4. The summed E-state index contributed by atoms with van der Waals surface area (Å²) in [6, 6.07) is 2.93. The SMILES string of the molecule is O=C(O)CC(O)C(O)c1ccc(Cl)cn1. The number of aromatic nitrogens is 1. The third-order valence-electron chi connectivity index (χ3n) is 1.80. The van der Waals surface area contributed by atoms with Gasteiger partial charge < -0.3 is 15.3 Å². The molecule has 0 amide bonds. The molecule has 0 fully saturated rings. The van der Waals surface area contributed by atoms with E-state index < -0.39 is 24.6 Å². The van der Waals surface area contributed by atoms with Gasteiger partial charge >= 0.3 is 5.97 Å². The second kappa shape index (κ2) is 5.06. The molecule has 5 nitrogen and oxygen atoms in total. The Morgan fingerprint density at radius 3 is 2.60 bits per heavy atom. The van der Waals surface area contributed by atoms with Crippen molar-refractivity contribution in [2.75, 3.05) is 0 Å². The number of nitrogens with zero attached hydrogens (tertiary/aromatic N) is 1. The minimum absolute atomic E-state index is 0.188. The number of hydrogen-bond acceptors (Lipinski definition) is 4. The molecule has 1 aromatic rings. The molecule has 0 saturated heterocycles. The molecule has 0 aromatic carbocycles. The van der Waals surface area contributed by atoms with Crippen LogP contribution in [-0.2, 0) is 4.79 Å². The summed E-state index contributed by atoms with van der Waals surface area (Å²) in [5.74, 6) is -1.18. The molecule has 82 valence electrons. The van der Waals surface area contributed by atoms with Crippen LogP contribution in [0.15, 0.2) is 18.3 Å². The van der Waals surface area contributed by atoms with Crippen LogP contribution in [0.5, 0.6) is 0 Å². The molecule has 1 aromatic heterocycles. The van der Waals surface area contributed by atoms with Crippen molar-refractivity contribution in [1.82, 2.24) is 4.98 Å². The van der Waals surface area contributed by atoms with E-state index in [4.69, 9.17) is 16.7 Å². The van der Waals surface area contributed by atoms with E-state index in [0.29, 0.717) is 5.02 Å². The molecule has 2 unspecified atom stereocenters. The Balaban J connectivity index is 2.71. The van der Waals surface area contributed by atoms with E-state index in [9.17, 15) is 15.0 Å². The number of carboxylic acid groups (broad SMARTS) is 1. The van der Waals surface area contributed by atoms with Gasteiger partial charge in [0.1, 0.15) is 6.10 Å². The number of pyridine rings is 1. The van der Waals surface area contributed by atoms with Gasteiger partial charge in [0.05, 0.1) is 23.2 Å². The zero-order chi connectivity index (χ0) is 11.4. The van der Waals surface area contributed by atoms with Crippen LogP contribution in [0.2, 0.25) is 5.02 Å². The highest BCUT2D eigenvalue weighted by Crippen LogP contribution is 2.18. The Morgan fingerprint density at radius 2 is 2.13 bits per heavy atom. The summed E-state index contributed by atoms with van der Waals surface area (Å²) in [7, 11) is 0. The van der Waals surface area contributed by atoms with E-state index in [-0.39, 0.29) is 5.69 Å². The van der Waals surface area contributed by atoms with Crippen LogP contribution in [0.4, 0.5) is 0 Å². The maximum absolute atomic E-state index is 10.3. The Labute approximate surface area is 91.0 Å². The van der Waals surface area contributed by atoms with Gasteiger partial charge in [0, 0.05) is 6.20 Å². The standard InChI is InChI=1S/C9H10ClNO4/c10-5-1-2-6(11-4-5)9(15)7(12)3-8(13)14/h1-2,4,7,9,12,15H,3H2,(H,13,14). The molecule has 0 aliphatic carbocycles. The van der Waals surface area contributed by atoms with Crippen LogP contribution in [0.25, 0.3) is 0 Å². The van der Waals surface area contributed by atoms with Crippen molar-refractivity contribution in [3.63, 3.8) is 0 Å². The normalized spacial score (nSPS) is 14.6. The molecule has 0 spiro atoms. The maximum atomic E-state index is 10.3. The molecule has 1 heterocycles. The fourth-order valence-corrected chi connectivity index (χ4v) is 1.16. The lowest BCUT2D eigenvalue weighted by molar-refractivity contribution is -0.141. The number of halogens is 1. The number of carboxylic acids is 1. The Hall–Kier alpha value is -1.17. The van der Waals surface area contributed by atoms with Crippen molar-refractivity contribution in [3.05, 3.63) is 29.0 Å². The summed E-state index contributed by atoms with van der Waals surface area (Å²) in [4.78, 5) is 14.1. The Kier molecular flexibility index (Phi) is 4.02. The van der Waals surface area contributed by atoms with Crippen LogP contribution in [-0.4, -0.2) is 32.4 Å². The number of rotatable bonds is 4. The quantitative estimate of drug-likeness (QED) is 0.706. The summed E-state index contributed by atoms with van der Waals surface area (Å²) in [6.45, 7) is 0. The van der Waals surface area contributed by atoms with Crippen LogP contribution in [0.1, 0.15) is 18.2 Å². The van der Waals surface area contributed by atoms with E-state index >= 15 is 0 Å². The van der Waals surface area contributed by atoms with Crippen molar-refractivity contribution in [2.24, 2.45) is 0 Å². The molecule has 6 heteroatoms. The van der Waals surface area contributed by atoms with Crippen molar-refractivity contribution < 1.29 is 20.1 Å². The van der Waals surface area contributed by atoms with Crippen molar-refractivity contribution >= 4 is 17.6 Å². The molecular weight excluding hydrogens is 222 g/mol. The topological polar surface area (TPSA) is 90.7 Å². The monoisotopic (exact) mass is 231 g/mol. The van der Waals surface area contributed by atoms with Gasteiger partial charge in [-0.15, -0.1) is 0 Å². The second-order valence-corrected chi connectivity index (χ2v) is 3.45. The van der Waals surface area contributed by atoms with Crippen LogP contribution in [0, 0.1) is 0 Å². The number of aliphatic hydroxyl groups excluding tert-OH is 2. The van der Waals surface area contributed by atoms with E-state index in [2.05, 4.69) is 4.98 Å². The van der Waals surface area contributed by atoms with E-state index in [0.717, 1.165) is 0 Å². The molecule has 15 heavy (non-hydrogen) atoms. The molecule has 0 saturated carbocycles. The van der Waals surface area contributed by atoms with E-state index in [1.54, 1.807) is 0 Å². The first-order chi connectivity index (χ1) is 7.00. The summed E-state index contributed by atoms with van der Waals surface area (Å²) in [5.41, 5.74) is 0.188. The van der Waals surface area contributed by atoms with Crippen LogP contribution in [0.3, 0.4) is 0 Å². The van der Waals surface area contributed by atoms with Gasteiger partial charge in [-0.3, -0.25) is 9.78 Å². The lowest BCUT2D eigenvalue weighted by atomic mass is 10.1. The van der Waals surface area contributed by atoms with Gasteiger partial charge in [-0.2, -0.15) is 0 Å². The molecule has 0 aliphatic heterocycles. The predicted molar refractivity (Wildman–Crippen MR) is 52.5 cm³/mol. The Bertz CT molecular complexity index is 340. The summed E-state index contributed by atoms with van der Waals surface area (Å²) < 4.78 is 0. The van der Waals surface area contributed by atoms with E-state index in [1.165, 1.54) is 18.3 Å². The smallest absolute Gasteiger partial charge is 0.306 e. The number of aliphatic hydroxyl groups is 2. The number of aliphatic carboxylic acids is 1. The second-order valence-electron chi connectivity index (χ2n) is 3.01. The largest absolute Gasteiger partial charge is 0.481 e. The summed E-state index contributed by atoms with van der Waals surface area (Å²) in [5, 5.41) is 27.6. The fraction of sp³-hybridized carbons (Fsp3) is 0.333. The van der Waals surface area contributed by atoms with Crippen molar-refractivity contribution in [2.45, 2.75) is 18.6 Å². The van der Waals surface area contributed by atoms with Gasteiger partial charge in [-0.1, -0.05) is 11.6 Å². The Morgan fingerprint density at radius 1 is 1.47 bits per heavy atom. The minimum atomic E-state index is -1.38. The predicted octanol–water partition coefficient (Wildman–Crippen LogP) is 0.604. The van der Waals surface area contributed by atoms with Crippen molar-refractivity contribution in [3.8, 4) is 0 Å². The molecule has 1 rings (SSSR count). The third-order valence-corrected chi connectivity index (χ3v) is 2.03. The average molecular weight is 232 g/mol. The first-order valence-corrected chi connectivity index (χ1v) is 4.58. The van der Waals surface area contributed by atoms with Gasteiger partial charge in [0.15, 0.2) is 0 Å². The first kappa shape index (κ1) is 11.9. The molecule has 2 atom stereocenters. The third kappa shape index (κ3) is 3.47. The zero-order valence-corrected chi connectivity index (χ0v) is 8.42. The first-order valence-electron chi connectivity index (χ1n) is 4.20. The van der Waals surface area contributed by atoms with E-state index in [1.807, 2.05) is 0 Å². The number of hydrogen-bond donors (Lipinski definition) is 3. The lowest BCUT2D eigenvalue weighted by Gasteiger charge is -2.15. The van der Waals surface area contributed by atoms with Crippen LogP contribution < -0.4 is 0 Å². The van der Waals surface area contributed by atoms with Crippen LogP contribution >= 0.6 is 11.6 Å². The highest BCUT2D eigenvalue weighted by Gasteiger charge is 2.21. The van der Waals surface area contributed by atoms with Gasteiger partial charge in [0.2, 0.25) is 0 Å². The molecule has 0 radical (unpaired) electrons. The molecule has 0 aliphatic rings. The summed E-state index contributed by atoms with van der Waals surface area (Å²) in [6.07, 6.45) is -1.92. The van der Waals surface area contributed by atoms with Crippen molar-refractivity contribution in [1.29, 1.82) is 0 Å². The maximum Gasteiger partial charge on any atom is 0.306 e. The number of carbonyl (C=O) groups is 1. The molecule has 3 N–H and O–H groups in total. The lowest BCUT2D eigenvalue weighted by Crippen LogP contribution is -2.22. The fourth-order valence-electron chi connectivity index (χ4n) is 1.05. The highest BCUT2D eigenvalue weighted by atomic mass is 35.5. The highest BCUT2D eigenvalue weighted by molar-refractivity contribution is 6.30. The summed E-state index contributed by atoms with van der Waals surface area (Å²) >= 11 is 5.58. The van der Waals surface area contributed by atoms with Gasteiger partial charge in [0.25, 0.3) is 0 Å². The molecule has 0 bridgehead atoms. The van der Waals surface area contributed by atoms with Gasteiger partial charge in [-0.25, -0.2) is 0 Å².